The molecule has 0 aromatic heterocycles. The standard InChI is InChI=1S/C27H27FO5/c1-30-20-10-12-32-21(15-20)3-2-11-31-22-8-9-23-18(13-22)14-24-25(16-33-27(24)29)26(23)17-4-6-19(28)7-5-17/h4-9,13-14,20-21H,2-3,10-12,15-16H2,1H3. The minimum absolute atomic E-state index is 0.218. The van der Waals surface area contributed by atoms with Crippen LogP contribution in [0.5, 0.6) is 5.75 Å². The second-order valence-corrected chi connectivity index (χ2v) is 8.61. The molecule has 172 valence electrons. The average Bonchev–Trinajstić information content (AvgIpc) is 3.21. The number of halogens is 1. The molecule has 0 spiro atoms. The summed E-state index contributed by atoms with van der Waals surface area (Å²) < 4.78 is 36.1. The van der Waals surface area contributed by atoms with Gasteiger partial charge in [-0.05, 0) is 77.9 Å². The average molecular weight is 451 g/mol. The van der Waals surface area contributed by atoms with Crippen LogP contribution in [0.15, 0.2) is 48.5 Å². The topological polar surface area (TPSA) is 54.0 Å². The molecular formula is C27H27FO5. The number of ether oxygens (including phenoxy) is 4. The van der Waals surface area contributed by atoms with Crippen molar-refractivity contribution in [1.82, 2.24) is 0 Å². The number of carbonyl (C=O) groups excluding carboxylic acids is 1. The van der Waals surface area contributed by atoms with Gasteiger partial charge in [-0.2, -0.15) is 0 Å². The summed E-state index contributed by atoms with van der Waals surface area (Å²) in [6, 6.07) is 14.1. The van der Waals surface area contributed by atoms with Crippen LogP contribution in [-0.2, 0) is 20.8 Å². The molecule has 0 bridgehead atoms. The highest BCUT2D eigenvalue weighted by molar-refractivity contribution is 6.07. The quantitative estimate of drug-likeness (QED) is 0.343. The fraction of sp³-hybridized carbons (Fsp3) is 0.370. The first kappa shape index (κ1) is 21.9. The molecule has 2 unspecified atom stereocenters. The van der Waals surface area contributed by atoms with Crippen LogP contribution in [0, 0.1) is 5.82 Å². The fourth-order valence-electron chi connectivity index (χ4n) is 4.77. The number of hydrogen-bond donors (Lipinski definition) is 0. The second kappa shape index (κ2) is 9.49. The summed E-state index contributed by atoms with van der Waals surface area (Å²) >= 11 is 0. The van der Waals surface area contributed by atoms with Crippen molar-refractivity contribution in [3.05, 3.63) is 65.5 Å². The van der Waals surface area contributed by atoms with Gasteiger partial charge in [0.05, 0.1) is 24.4 Å². The molecule has 2 atom stereocenters. The van der Waals surface area contributed by atoms with Crippen LogP contribution in [0.4, 0.5) is 4.39 Å². The fourth-order valence-corrected chi connectivity index (χ4v) is 4.77. The Morgan fingerprint density at radius 3 is 2.79 bits per heavy atom. The van der Waals surface area contributed by atoms with Gasteiger partial charge in [0.25, 0.3) is 0 Å². The smallest absolute Gasteiger partial charge is 0.338 e. The molecule has 0 saturated carbocycles. The number of carbonyl (C=O) groups is 1. The lowest BCUT2D eigenvalue weighted by Crippen LogP contribution is -2.30. The Morgan fingerprint density at radius 1 is 1.12 bits per heavy atom. The lowest BCUT2D eigenvalue weighted by molar-refractivity contribution is -0.0621. The Hall–Kier alpha value is -2.96. The first-order valence-corrected chi connectivity index (χ1v) is 11.4. The van der Waals surface area contributed by atoms with Crippen LogP contribution in [0.1, 0.15) is 41.6 Å². The summed E-state index contributed by atoms with van der Waals surface area (Å²) in [4.78, 5) is 12.3. The number of esters is 1. The highest BCUT2D eigenvalue weighted by Crippen LogP contribution is 2.39. The number of rotatable bonds is 7. The third-order valence-corrected chi connectivity index (χ3v) is 6.51. The molecule has 0 radical (unpaired) electrons. The lowest BCUT2D eigenvalue weighted by atomic mass is 9.90. The van der Waals surface area contributed by atoms with E-state index in [1.807, 2.05) is 24.3 Å². The van der Waals surface area contributed by atoms with Gasteiger partial charge in [-0.25, -0.2) is 9.18 Å². The van der Waals surface area contributed by atoms with Crippen molar-refractivity contribution in [1.29, 1.82) is 0 Å². The van der Waals surface area contributed by atoms with E-state index in [2.05, 4.69) is 0 Å². The van der Waals surface area contributed by atoms with Gasteiger partial charge in [0.1, 0.15) is 18.2 Å². The van der Waals surface area contributed by atoms with Crippen molar-refractivity contribution in [2.75, 3.05) is 20.3 Å². The molecule has 5 rings (SSSR count). The first-order chi connectivity index (χ1) is 16.1. The number of benzene rings is 3. The molecule has 0 N–H and O–H groups in total. The third-order valence-electron chi connectivity index (χ3n) is 6.51. The molecule has 1 saturated heterocycles. The van der Waals surface area contributed by atoms with E-state index in [1.165, 1.54) is 12.1 Å². The number of hydrogen-bond acceptors (Lipinski definition) is 5. The molecule has 2 aliphatic rings. The summed E-state index contributed by atoms with van der Waals surface area (Å²) in [5.74, 6) is 0.122. The first-order valence-electron chi connectivity index (χ1n) is 11.4. The maximum atomic E-state index is 13.5. The maximum Gasteiger partial charge on any atom is 0.338 e. The Labute approximate surface area is 192 Å². The molecular weight excluding hydrogens is 423 g/mol. The highest BCUT2D eigenvalue weighted by atomic mass is 19.1. The van der Waals surface area contributed by atoms with Gasteiger partial charge in [0.15, 0.2) is 0 Å². The van der Waals surface area contributed by atoms with Crippen molar-refractivity contribution in [3.63, 3.8) is 0 Å². The zero-order valence-corrected chi connectivity index (χ0v) is 18.6. The molecule has 0 aliphatic carbocycles. The van der Waals surface area contributed by atoms with E-state index in [1.54, 1.807) is 19.2 Å². The van der Waals surface area contributed by atoms with Crippen molar-refractivity contribution in [3.8, 4) is 16.9 Å². The zero-order chi connectivity index (χ0) is 22.8. The Bertz CT molecular complexity index is 1160. The Morgan fingerprint density at radius 2 is 1.97 bits per heavy atom. The van der Waals surface area contributed by atoms with Crippen LogP contribution < -0.4 is 4.74 Å². The van der Waals surface area contributed by atoms with Crippen molar-refractivity contribution in [2.45, 2.75) is 44.5 Å². The number of cyclic esters (lactones) is 1. The summed E-state index contributed by atoms with van der Waals surface area (Å²) in [6.07, 6.45) is 4.21. The van der Waals surface area contributed by atoms with E-state index in [0.29, 0.717) is 12.2 Å². The molecule has 6 heteroatoms. The SMILES string of the molecule is COC1CCOC(CCCOc2ccc3c(-c4ccc(F)cc4)c4c(cc3c2)C(=O)OC4)C1. The predicted molar refractivity (Wildman–Crippen MR) is 123 cm³/mol. The summed E-state index contributed by atoms with van der Waals surface area (Å²) in [5, 5.41) is 1.87. The van der Waals surface area contributed by atoms with Crippen molar-refractivity contribution in [2.24, 2.45) is 0 Å². The third kappa shape index (κ3) is 4.59. The monoisotopic (exact) mass is 450 g/mol. The summed E-state index contributed by atoms with van der Waals surface area (Å²) in [6.45, 7) is 1.56. The minimum Gasteiger partial charge on any atom is -0.494 e. The lowest BCUT2D eigenvalue weighted by Gasteiger charge is -2.28. The largest absolute Gasteiger partial charge is 0.494 e. The van der Waals surface area contributed by atoms with Gasteiger partial charge in [0.2, 0.25) is 0 Å². The molecule has 2 heterocycles. The number of fused-ring (bicyclic) bond motifs is 2. The molecule has 1 fully saturated rings. The van der Waals surface area contributed by atoms with Crippen LogP contribution in [-0.4, -0.2) is 38.5 Å². The number of methoxy groups -OCH3 is 1. The van der Waals surface area contributed by atoms with Gasteiger partial charge in [-0.15, -0.1) is 0 Å². The molecule has 5 nitrogen and oxygen atoms in total. The Balaban J connectivity index is 1.34. The van der Waals surface area contributed by atoms with Gasteiger partial charge < -0.3 is 18.9 Å². The van der Waals surface area contributed by atoms with Crippen LogP contribution in [0.25, 0.3) is 21.9 Å². The van der Waals surface area contributed by atoms with Gasteiger partial charge in [-0.1, -0.05) is 18.2 Å². The van der Waals surface area contributed by atoms with E-state index < -0.39 is 0 Å². The normalized spacial score (nSPS) is 20.0. The van der Waals surface area contributed by atoms with Crippen molar-refractivity contribution >= 4 is 16.7 Å². The van der Waals surface area contributed by atoms with Gasteiger partial charge in [-0.3, -0.25) is 0 Å². The summed E-state index contributed by atoms with van der Waals surface area (Å²) in [7, 11) is 1.76. The van der Waals surface area contributed by atoms with Crippen molar-refractivity contribution < 1.29 is 28.1 Å². The summed E-state index contributed by atoms with van der Waals surface area (Å²) in [5.41, 5.74) is 3.16. The van der Waals surface area contributed by atoms with Crippen LogP contribution >= 0.6 is 0 Å². The van der Waals surface area contributed by atoms with E-state index in [0.717, 1.165) is 65.5 Å². The maximum absolute atomic E-state index is 13.5. The molecule has 33 heavy (non-hydrogen) atoms. The van der Waals surface area contributed by atoms with E-state index in [4.69, 9.17) is 18.9 Å². The molecule has 3 aromatic rings. The van der Waals surface area contributed by atoms with Crippen LogP contribution in [0.2, 0.25) is 0 Å². The molecule has 0 amide bonds. The highest BCUT2D eigenvalue weighted by Gasteiger charge is 2.27. The molecule has 2 aliphatic heterocycles. The minimum atomic E-state index is -0.330. The van der Waals surface area contributed by atoms with E-state index in [-0.39, 0.29) is 30.6 Å². The van der Waals surface area contributed by atoms with Gasteiger partial charge >= 0.3 is 5.97 Å². The predicted octanol–water partition coefficient (Wildman–Crippen LogP) is 5.67. The van der Waals surface area contributed by atoms with E-state index >= 15 is 0 Å². The zero-order valence-electron chi connectivity index (χ0n) is 18.6. The van der Waals surface area contributed by atoms with Gasteiger partial charge in [0, 0.05) is 19.3 Å². The molecule has 3 aromatic carbocycles. The second-order valence-electron chi connectivity index (χ2n) is 8.61. The Kier molecular flexibility index (Phi) is 6.29. The van der Waals surface area contributed by atoms with Crippen LogP contribution in [0.3, 0.4) is 0 Å². The van der Waals surface area contributed by atoms with E-state index in [9.17, 15) is 9.18 Å².